The summed E-state index contributed by atoms with van der Waals surface area (Å²) in [7, 11) is 0. The number of nitrogens with one attached hydrogen (secondary N) is 2. The summed E-state index contributed by atoms with van der Waals surface area (Å²) in [5, 5.41) is 4.87. The van der Waals surface area contributed by atoms with Crippen molar-refractivity contribution >= 4 is 41.2 Å². The van der Waals surface area contributed by atoms with E-state index >= 15 is 0 Å². The van der Waals surface area contributed by atoms with Crippen LogP contribution in [0.25, 0.3) is 6.08 Å². The van der Waals surface area contributed by atoms with Crippen LogP contribution in [0.4, 0.5) is 19.3 Å². The third-order valence-corrected chi connectivity index (χ3v) is 5.67. The zero-order valence-corrected chi connectivity index (χ0v) is 20.9. The highest BCUT2D eigenvalue weighted by Gasteiger charge is 2.35. The minimum absolute atomic E-state index is 0.0734. The predicted molar refractivity (Wildman–Crippen MR) is 137 cm³/mol. The first-order valence-electron chi connectivity index (χ1n) is 11.5. The second kappa shape index (κ2) is 11.7. The Morgan fingerprint density at radius 2 is 1.76 bits per heavy atom. The fourth-order valence-electron chi connectivity index (χ4n) is 3.62. The van der Waals surface area contributed by atoms with Crippen LogP contribution in [0.15, 0.2) is 66.4 Å². The van der Waals surface area contributed by atoms with Crippen molar-refractivity contribution < 1.29 is 32.6 Å². The molecule has 3 aromatic carbocycles. The van der Waals surface area contributed by atoms with Gasteiger partial charge < -0.3 is 20.1 Å². The van der Waals surface area contributed by atoms with E-state index in [9.17, 15) is 23.2 Å². The zero-order chi connectivity index (χ0) is 27.2. The molecule has 4 rings (SSSR count). The van der Waals surface area contributed by atoms with E-state index in [0.29, 0.717) is 16.0 Å². The van der Waals surface area contributed by atoms with E-state index in [1.54, 1.807) is 31.2 Å². The van der Waals surface area contributed by atoms with Gasteiger partial charge in [0.2, 0.25) is 5.91 Å². The number of carbonyl (C=O) groups is 3. The maximum Gasteiger partial charge on any atom is 0.329 e. The molecule has 0 atom stereocenters. The Labute approximate surface area is 221 Å². The van der Waals surface area contributed by atoms with Crippen molar-refractivity contribution in [2.24, 2.45) is 0 Å². The SMILES string of the molecule is CCOc1cc(/C=C2/NC(=O)N(CC(=O)Nc3ccccc3F)C2=O)cc(Cl)c1OCc1ccccc1F. The standard InChI is InChI=1S/C27H22ClF2N3O5/c1-2-37-23-13-16(11-18(28)25(23)38-15-17-7-3-4-8-19(17)29)12-22-26(35)33(27(36)32-22)14-24(34)31-21-10-6-5-9-20(21)30/h3-13H,2,14-15H2,1H3,(H,31,34)(H,32,36)/b22-12+. The van der Waals surface area contributed by atoms with Crippen molar-refractivity contribution in [2.45, 2.75) is 13.5 Å². The highest BCUT2D eigenvalue weighted by Crippen LogP contribution is 2.38. The number of anilines is 1. The molecule has 0 aliphatic carbocycles. The van der Waals surface area contributed by atoms with Gasteiger partial charge >= 0.3 is 6.03 Å². The molecule has 0 saturated carbocycles. The Bertz CT molecular complexity index is 1430. The van der Waals surface area contributed by atoms with Crippen LogP contribution in [0, 0.1) is 11.6 Å². The molecular weight excluding hydrogens is 520 g/mol. The van der Waals surface area contributed by atoms with E-state index in [1.807, 2.05) is 0 Å². The van der Waals surface area contributed by atoms with Gasteiger partial charge in [-0.15, -0.1) is 0 Å². The summed E-state index contributed by atoms with van der Waals surface area (Å²) in [5.41, 5.74) is 0.552. The molecule has 1 heterocycles. The lowest BCUT2D eigenvalue weighted by molar-refractivity contribution is -0.127. The molecule has 0 spiro atoms. The fraction of sp³-hybridized carbons (Fsp3) is 0.148. The lowest BCUT2D eigenvalue weighted by atomic mass is 10.1. The van der Waals surface area contributed by atoms with Crippen molar-refractivity contribution in [3.63, 3.8) is 0 Å². The summed E-state index contributed by atoms with van der Waals surface area (Å²) in [6, 6.07) is 13.9. The maximum absolute atomic E-state index is 14.0. The van der Waals surface area contributed by atoms with Gasteiger partial charge in [0.15, 0.2) is 11.5 Å². The lowest BCUT2D eigenvalue weighted by Crippen LogP contribution is -2.38. The molecule has 3 aromatic rings. The van der Waals surface area contributed by atoms with Crippen LogP contribution in [0.3, 0.4) is 0 Å². The number of amides is 4. The summed E-state index contributed by atoms with van der Waals surface area (Å²) >= 11 is 6.42. The number of halogens is 3. The van der Waals surface area contributed by atoms with E-state index in [0.717, 1.165) is 0 Å². The number of carbonyl (C=O) groups excluding carboxylic acids is 3. The number of hydrogen-bond donors (Lipinski definition) is 2. The minimum Gasteiger partial charge on any atom is -0.490 e. The van der Waals surface area contributed by atoms with E-state index in [2.05, 4.69) is 10.6 Å². The molecule has 0 aromatic heterocycles. The third-order valence-electron chi connectivity index (χ3n) is 5.38. The van der Waals surface area contributed by atoms with E-state index in [1.165, 1.54) is 42.5 Å². The fourth-order valence-corrected chi connectivity index (χ4v) is 3.89. The number of benzene rings is 3. The summed E-state index contributed by atoms with van der Waals surface area (Å²) in [4.78, 5) is 38.2. The molecule has 196 valence electrons. The van der Waals surface area contributed by atoms with Crippen molar-refractivity contribution in [1.29, 1.82) is 0 Å². The second-order valence-corrected chi connectivity index (χ2v) is 8.46. The number of rotatable bonds is 9. The van der Waals surface area contributed by atoms with Crippen molar-refractivity contribution in [3.05, 3.63) is 94.1 Å². The Morgan fingerprint density at radius 1 is 1.05 bits per heavy atom. The molecule has 8 nitrogen and oxygen atoms in total. The van der Waals surface area contributed by atoms with Gasteiger partial charge in [-0.1, -0.05) is 41.9 Å². The van der Waals surface area contributed by atoms with Crippen LogP contribution in [0.1, 0.15) is 18.1 Å². The van der Waals surface area contributed by atoms with Gasteiger partial charge in [-0.25, -0.2) is 18.5 Å². The van der Waals surface area contributed by atoms with Gasteiger partial charge in [-0.2, -0.15) is 0 Å². The molecule has 11 heteroatoms. The smallest absolute Gasteiger partial charge is 0.329 e. The molecule has 2 N–H and O–H groups in total. The number of para-hydroxylation sites is 1. The Morgan fingerprint density at radius 3 is 2.47 bits per heavy atom. The van der Waals surface area contributed by atoms with Crippen LogP contribution in [0.5, 0.6) is 11.5 Å². The number of nitrogens with zero attached hydrogens (tertiary/aromatic N) is 1. The van der Waals surface area contributed by atoms with Gasteiger partial charge in [-0.3, -0.25) is 9.59 Å². The zero-order valence-electron chi connectivity index (χ0n) is 20.1. The first-order chi connectivity index (χ1) is 18.3. The van der Waals surface area contributed by atoms with Crippen molar-refractivity contribution in [1.82, 2.24) is 10.2 Å². The molecule has 4 amide bonds. The van der Waals surface area contributed by atoms with Crippen LogP contribution in [-0.2, 0) is 16.2 Å². The quantitative estimate of drug-likeness (QED) is 0.289. The molecule has 38 heavy (non-hydrogen) atoms. The first kappa shape index (κ1) is 26.6. The van der Waals surface area contributed by atoms with Gasteiger partial charge in [-0.05, 0) is 48.9 Å². The highest BCUT2D eigenvalue weighted by molar-refractivity contribution is 6.32. The van der Waals surface area contributed by atoms with Gasteiger partial charge in [0.1, 0.15) is 30.5 Å². The summed E-state index contributed by atoms with van der Waals surface area (Å²) in [6.07, 6.45) is 1.37. The first-order valence-corrected chi connectivity index (χ1v) is 11.9. The summed E-state index contributed by atoms with van der Waals surface area (Å²) in [5.74, 6) is -2.15. The van der Waals surface area contributed by atoms with E-state index < -0.39 is 36.0 Å². The number of imide groups is 1. The van der Waals surface area contributed by atoms with Crippen LogP contribution in [0.2, 0.25) is 5.02 Å². The second-order valence-electron chi connectivity index (χ2n) is 8.05. The summed E-state index contributed by atoms with van der Waals surface area (Å²) in [6.45, 7) is 1.31. The molecule has 1 aliphatic rings. The minimum atomic E-state index is -0.814. The molecular formula is C27H22ClF2N3O5. The monoisotopic (exact) mass is 541 g/mol. The van der Waals surface area contributed by atoms with Crippen molar-refractivity contribution in [3.8, 4) is 11.5 Å². The van der Waals surface area contributed by atoms with Gasteiger partial charge in [0, 0.05) is 5.56 Å². The molecule has 1 fully saturated rings. The predicted octanol–water partition coefficient (Wildman–Crippen LogP) is 5.13. The Hall–Kier alpha value is -4.44. The topological polar surface area (TPSA) is 97.0 Å². The largest absolute Gasteiger partial charge is 0.490 e. The third kappa shape index (κ3) is 6.09. The number of hydrogen-bond acceptors (Lipinski definition) is 5. The van der Waals surface area contributed by atoms with Crippen LogP contribution >= 0.6 is 11.6 Å². The van der Waals surface area contributed by atoms with E-state index in [4.69, 9.17) is 21.1 Å². The average Bonchev–Trinajstić information content (AvgIpc) is 3.13. The molecule has 1 saturated heterocycles. The summed E-state index contributed by atoms with van der Waals surface area (Å²) < 4.78 is 39.1. The molecule has 0 radical (unpaired) electrons. The number of ether oxygens (including phenoxy) is 2. The van der Waals surface area contributed by atoms with Crippen LogP contribution < -0.4 is 20.1 Å². The molecule has 0 unspecified atom stereocenters. The average molecular weight is 542 g/mol. The van der Waals surface area contributed by atoms with Crippen molar-refractivity contribution in [2.75, 3.05) is 18.5 Å². The lowest BCUT2D eigenvalue weighted by Gasteiger charge is -2.15. The normalized spacial score (nSPS) is 14.0. The Kier molecular flexibility index (Phi) is 8.22. The number of urea groups is 1. The Balaban J connectivity index is 1.50. The maximum atomic E-state index is 14.0. The van der Waals surface area contributed by atoms with Gasteiger partial charge in [0.05, 0.1) is 17.3 Å². The van der Waals surface area contributed by atoms with Crippen LogP contribution in [-0.4, -0.2) is 35.9 Å². The molecule has 0 bridgehead atoms. The van der Waals surface area contributed by atoms with Gasteiger partial charge in [0.25, 0.3) is 5.91 Å². The van der Waals surface area contributed by atoms with E-state index in [-0.39, 0.29) is 41.1 Å². The molecule has 1 aliphatic heterocycles. The highest BCUT2D eigenvalue weighted by atomic mass is 35.5.